The van der Waals surface area contributed by atoms with Gasteiger partial charge in [-0.05, 0) is 111 Å². The molecular weight excluding hydrogens is 628 g/mol. The molecule has 4 aromatic rings. The summed E-state index contributed by atoms with van der Waals surface area (Å²) in [5.41, 5.74) is 5.23. The Balaban J connectivity index is 1.71. The van der Waals surface area contributed by atoms with Gasteiger partial charge in [-0.3, -0.25) is 0 Å². The fourth-order valence-electron chi connectivity index (χ4n) is 5.99. The van der Waals surface area contributed by atoms with Gasteiger partial charge in [-0.2, -0.15) is 0 Å². The lowest BCUT2D eigenvalue weighted by molar-refractivity contribution is 0.0454. The second-order valence-electron chi connectivity index (χ2n) is 11.0. The molecule has 2 unspecified atom stereocenters. The Hall–Kier alpha value is -2.51. The maximum absolute atomic E-state index is 13.1. The Morgan fingerprint density at radius 3 is 2.45 bits per heavy atom. The zero-order valence-electron chi connectivity index (χ0n) is 23.3. The molecule has 1 aromatic heterocycles. The lowest BCUT2D eigenvalue weighted by Crippen LogP contribution is -2.40. The van der Waals surface area contributed by atoms with E-state index < -0.39 is 5.60 Å². The molecule has 0 bridgehead atoms. The Morgan fingerprint density at radius 1 is 0.950 bits per heavy atom. The number of aryl methyl sites for hydroxylation is 1. The quantitative estimate of drug-likeness (QED) is 0.173. The van der Waals surface area contributed by atoms with Crippen LogP contribution in [0.1, 0.15) is 53.9 Å². The number of nitrogens with zero attached hydrogens (tertiary/aromatic N) is 2. The molecule has 0 amide bonds. The summed E-state index contributed by atoms with van der Waals surface area (Å²) in [6.07, 6.45) is 6.46. The fourth-order valence-corrected chi connectivity index (χ4v) is 6.78. The Morgan fingerprint density at radius 2 is 1.70 bits per heavy atom. The van der Waals surface area contributed by atoms with Crippen molar-refractivity contribution in [3.05, 3.63) is 110 Å². The minimum atomic E-state index is -1.13. The summed E-state index contributed by atoms with van der Waals surface area (Å²) >= 11 is 7.25. The van der Waals surface area contributed by atoms with Crippen molar-refractivity contribution in [2.75, 3.05) is 27.7 Å². The number of benzene rings is 3. The number of hydrogen-bond acceptors (Lipinski definition) is 4. The number of aromatic nitrogens is 1. The molecule has 0 radical (unpaired) electrons. The number of halogens is 2. The van der Waals surface area contributed by atoms with Crippen molar-refractivity contribution >= 4 is 48.8 Å². The third-order valence-corrected chi connectivity index (χ3v) is 8.94. The Labute approximate surface area is 254 Å². The molecule has 1 N–H and O–H groups in total. The molecule has 0 saturated heterocycles. The summed E-state index contributed by atoms with van der Waals surface area (Å²) in [4.78, 5) is 7.12. The molecule has 208 valence electrons. The maximum Gasteiger partial charge on any atom is 0.217 e. The van der Waals surface area contributed by atoms with E-state index in [1.165, 1.54) is 11.1 Å². The van der Waals surface area contributed by atoms with Crippen molar-refractivity contribution < 1.29 is 9.84 Å². The summed E-state index contributed by atoms with van der Waals surface area (Å²) in [6.45, 7) is 0.983. The van der Waals surface area contributed by atoms with Gasteiger partial charge in [0.15, 0.2) is 0 Å². The van der Waals surface area contributed by atoms with Crippen LogP contribution in [0.25, 0.3) is 17.0 Å². The molecule has 3 aromatic carbocycles. The minimum Gasteiger partial charge on any atom is -0.481 e. The number of unbranched alkanes of at least 4 members (excludes halogenated alkanes) is 1. The number of aliphatic hydroxyl groups is 1. The van der Waals surface area contributed by atoms with Gasteiger partial charge in [-0.1, -0.05) is 74.3 Å². The van der Waals surface area contributed by atoms with Crippen LogP contribution in [0.4, 0.5) is 0 Å². The summed E-state index contributed by atoms with van der Waals surface area (Å²) < 4.78 is 8.01. The second-order valence-corrected chi connectivity index (χ2v) is 12.8. The summed E-state index contributed by atoms with van der Waals surface area (Å²) in [5.74, 6) is 0.193. The van der Waals surface area contributed by atoms with Crippen molar-refractivity contribution in [3.8, 4) is 5.88 Å². The molecule has 1 aliphatic carbocycles. The van der Waals surface area contributed by atoms with Gasteiger partial charge >= 0.3 is 0 Å². The average molecular weight is 664 g/mol. The summed E-state index contributed by atoms with van der Waals surface area (Å²) in [6, 6.07) is 25.0. The van der Waals surface area contributed by atoms with Crippen LogP contribution in [0.2, 0.25) is 0 Å². The number of fused-ring (bicyclic) bond motifs is 2. The molecular formula is C34H36Br2N2O2. The van der Waals surface area contributed by atoms with Gasteiger partial charge < -0.3 is 14.7 Å². The van der Waals surface area contributed by atoms with Crippen molar-refractivity contribution in [2.24, 2.45) is 0 Å². The van der Waals surface area contributed by atoms with Crippen LogP contribution in [-0.2, 0) is 6.42 Å². The zero-order valence-corrected chi connectivity index (χ0v) is 26.5. The Bertz CT molecular complexity index is 1520. The first-order valence-electron chi connectivity index (χ1n) is 13.8. The fraction of sp³-hybridized carbons (Fsp3) is 0.324. The van der Waals surface area contributed by atoms with Crippen LogP contribution >= 0.6 is 31.9 Å². The number of methoxy groups -OCH3 is 1. The molecule has 0 fully saturated rings. The molecule has 0 aliphatic heterocycles. The molecule has 6 heteroatoms. The van der Waals surface area contributed by atoms with Crippen molar-refractivity contribution in [1.29, 1.82) is 0 Å². The lowest BCUT2D eigenvalue weighted by atomic mass is 9.68. The first-order chi connectivity index (χ1) is 19.3. The first-order valence-corrected chi connectivity index (χ1v) is 15.4. The minimum absolute atomic E-state index is 0.359. The molecule has 5 rings (SSSR count). The van der Waals surface area contributed by atoms with Crippen molar-refractivity contribution in [3.63, 3.8) is 0 Å². The molecule has 1 heterocycles. The largest absolute Gasteiger partial charge is 0.481 e. The van der Waals surface area contributed by atoms with Crippen LogP contribution in [0.15, 0.2) is 87.3 Å². The van der Waals surface area contributed by atoms with Gasteiger partial charge in [0.1, 0.15) is 0 Å². The summed E-state index contributed by atoms with van der Waals surface area (Å²) in [7, 11) is 5.87. The normalized spacial score (nSPS) is 15.4. The number of rotatable bonds is 10. The highest BCUT2D eigenvalue weighted by atomic mass is 79.9. The second kappa shape index (κ2) is 12.6. The lowest BCUT2D eigenvalue weighted by Gasteiger charge is -2.41. The van der Waals surface area contributed by atoms with E-state index in [0.717, 1.165) is 68.8 Å². The van der Waals surface area contributed by atoms with Gasteiger partial charge in [0.2, 0.25) is 5.88 Å². The van der Waals surface area contributed by atoms with E-state index in [9.17, 15) is 5.11 Å². The zero-order chi connectivity index (χ0) is 28.3. The molecule has 0 saturated carbocycles. The van der Waals surface area contributed by atoms with Crippen LogP contribution in [-0.4, -0.2) is 48.3 Å². The van der Waals surface area contributed by atoms with Gasteiger partial charge in [0.25, 0.3) is 0 Å². The predicted molar refractivity (Wildman–Crippen MR) is 172 cm³/mol. The number of ether oxygens (including phenoxy) is 1. The monoisotopic (exact) mass is 662 g/mol. The predicted octanol–water partition coefficient (Wildman–Crippen LogP) is 8.39. The third kappa shape index (κ3) is 6.20. The third-order valence-electron chi connectivity index (χ3n) is 7.95. The molecule has 2 atom stereocenters. The number of hydrogen-bond donors (Lipinski definition) is 1. The summed E-state index contributed by atoms with van der Waals surface area (Å²) in [5, 5.41) is 14.1. The number of pyridine rings is 1. The topological polar surface area (TPSA) is 45.6 Å². The highest BCUT2D eigenvalue weighted by Crippen LogP contribution is 2.48. The molecule has 0 spiro atoms. The first kappa shape index (κ1) is 29.0. The molecule has 1 aliphatic rings. The van der Waals surface area contributed by atoms with E-state index in [1.54, 1.807) is 7.11 Å². The van der Waals surface area contributed by atoms with Gasteiger partial charge in [0.05, 0.1) is 18.2 Å². The van der Waals surface area contributed by atoms with Crippen LogP contribution in [0, 0.1) is 0 Å². The highest BCUT2D eigenvalue weighted by molar-refractivity contribution is 9.10. The standard InChI is InChI=1S/C34H36Br2N2O2/c1-38(2)18-8-7-17-34(39,27-13-11-25-20-28(35)14-12-24(25)19-27)32(23-9-5-4-6-10-23)30-22-26-21-29(36)15-16-31(26)37-33(30)40-3/h4-6,9-10,12,14-16,19-22,32,39H,7-8,11,13,17-18H2,1-3H3. The molecule has 4 nitrogen and oxygen atoms in total. The SMILES string of the molecule is COc1nc2ccc(Br)cc2cc1C(c1ccccc1)C(O)(CCCCN(C)C)C1=Cc2ccc(Br)cc2CC1. The van der Waals surface area contributed by atoms with Crippen LogP contribution in [0.3, 0.4) is 0 Å². The van der Waals surface area contributed by atoms with E-state index in [1.807, 2.05) is 18.2 Å². The smallest absolute Gasteiger partial charge is 0.217 e. The highest BCUT2D eigenvalue weighted by Gasteiger charge is 2.43. The Kier molecular flexibility index (Phi) is 9.11. The van der Waals surface area contributed by atoms with Crippen molar-refractivity contribution in [1.82, 2.24) is 9.88 Å². The van der Waals surface area contributed by atoms with Crippen LogP contribution in [0.5, 0.6) is 5.88 Å². The van der Waals surface area contributed by atoms with Gasteiger partial charge in [-0.15, -0.1) is 0 Å². The van der Waals surface area contributed by atoms with E-state index in [2.05, 4.69) is 112 Å². The van der Waals surface area contributed by atoms with Crippen LogP contribution < -0.4 is 4.74 Å². The van der Waals surface area contributed by atoms with E-state index in [-0.39, 0.29) is 5.92 Å². The van der Waals surface area contributed by atoms with Gasteiger partial charge in [-0.25, -0.2) is 4.98 Å². The van der Waals surface area contributed by atoms with E-state index >= 15 is 0 Å². The molecule has 40 heavy (non-hydrogen) atoms. The maximum atomic E-state index is 13.1. The van der Waals surface area contributed by atoms with E-state index in [4.69, 9.17) is 9.72 Å². The van der Waals surface area contributed by atoms with Crippen molar-refractivity contribution in [2.45, 2.75) is 43.6 Å². The van der Waals surface area contributed by atoms with E-state index in [0.29, 0.717) is 12.3 Å². The van der Waals surface area contributed by atoms with Gasteiger partial charge in [0, 0.05) is 25.8 Å². The average Bonchev–Trinajstić information content (AvgIpc) is 2.95.